The summed E-state index contributed by atoms with van der Waals surface area (Å²) < 4.78 is 26.9. The maximum absolute atomic E-state index is 12.0. The summed E-state index contributed by atoms with van der Waals surface area (Å²) in [4.78, 5) is 0. The van der Waals surface area contributed by atoms with Gasteiger partial charge < -0.3 is 0 Å². The van der Waals surface area contributed by atoms with Crippen LogP contribution in [-0.4, -0.2) is 25.1 Å². The monoisotopic (exact) mass is 251 g/mol. The highest BCUT2D eigenvalue weighted by Gasteiger charge is 2.42. The Kier molecular flexibility index (Phi) is 3.29. The predicted molar refractivity (Wildman–Crippen MR) is 61.6 cm³/mol. The van der Waals surface area contributed by atoms with Gasteiger partial charge in [0.05, 0.1) is 5.25 Å². The minimum atomic E-state index is -3.13. The second-order valence-corrected chi connectivity index (χ2v) is 7.05. The van der Waals surface area contributed by atoms with E-state index in [0.717, 1.165) is 44.9 Å². The van der Waals surface area contributed by atoms with E-state index in [1.807, 2.05) is 0 Å². The molecule has 0 radical (unpaired) electrons. The molecule has 0 amide bonds. The molecule has 88 valence electrons. The van der Waals surface area contributed by atoms with Crippen LogP contribution in [0.15, 0.2) is 0 Å². The van der Waals surface area contributed by atoms with E-state index in [1.165, 1.54) is 0 Å². The molecule has 0 unspecified atom stereocenters. The van der Waals surface area contributed by atoms with E-state index >= 15 is 0 Å². The summed E-state index contributed by atoms with van der Waals surface area (Å²) in [6, 6.07) is 0. The first-order valence-corrected chi connectivity index (χ1v) is 7.75. The molecule has 0 aliphatic heterocycles. The van der Waals surface area contributed by atoms with Gasteiger partial charge in [-0.25, -0.2) is 13.1 Å². The minimum Gasteiger partial charge on any atom is -0.212 e. The molecule has 0 atom stereocenters. The van der Waals surface area contributed by atoms with Gasteiger partial charge in [-0.15, -0.1) is 11.6 Å². The Hall–Kier alpha value is 0.200. The van der Waals surface area contributed by atoms with Crippen molar-refractivity contribution in [2.24, 2.45) is 0 Å². The number of hydrogen-bond donors (Lipinski definition) is 1. The van der Waals surface area contributed by atoms with Crippen LogP contribution in [0, 0.1) is 0 Å². The Morgan fingerprint density at radius 2 is 1.80 bits per heavy atom. The van der Waals surface area contributed by atoms with Gasteiger partial charge in [-0.2, -0.15) is 0 Å². The third kappa shape index (κ3) is 2.32. The summed E-state index contributed by atoms with van der Waals surface area (Å²) in [7, 11) is -3.13. The fraction of sp³-hybridized carbons (Fsp3) is 1.00. The van der Waals surface area contributed by atoms with Crippen molar-refractivity contribution < 1.29 is 8.42 Å². The molecule has 0 aromatic carbocycles. The molecule has 0 bridgehead atoms. The molecule has 2 fully saturated rings. The van der Waals surface area contributed by atoms with Gasteiger partial charge in [0.1, 0.15) is 0 Å². The SMILES string of the molecule is O=S(=O)(NC1(CCl)CCC1)C1CCCC1. The predicted octanol–water partition coefficient (Wildman–Crippen LogP) is 2.01. The molecule has 2 aliphatic rings. The first kappa shape index (κ1) is 11.7. The lowest BCUT2D eigenvalue weighted by molar-refractivity contribution is 0.251. The number of nitrogens with one attached hydrogen (secondary N) is 1. The van der Waals surface area contributed by atoms with Crippen molar-refractivity contribution in [2.75, 3.05) is 5.88 Å². The van der Waals surface area contributed by atoms with Crippen LogP contribution in [0.3, 0.4) is 0 Å². The van der Waals surface area contributed by atoms with E-state index in [1.54, 1.807) is 0 Å². The van der Waals surface area contributed by atoms with Crippen LogP contribution in [-0.2, 0) is 10.0 Å². The zero-order valence-electron chi connectivity index (χ0n) is 8.84. The third-order valence-corrected chi connectivity index (χ3v) is 6.24. The summed E-state index contributed by atoms with van der Waals surface area (Å²) in [6.07, 6.45) is 6.57. The van der Waals surface area contributed by atoms with Crippen molar-refractivity contribution >= 4 is 21.6 Å². The van der Waals surface area contributed by atoms with E-state index < -0.39 is 10.0 Å². The van der Waals surface area contributed by atoms with Crippen LogP contribution in [0.25, 0.3) is 0 Å². The highest BCUT2D eigenvalue weighted by Crippen LogP contribution is 2.35. The molecule has 0 saturated heterocycles. The van der Waals surface area contributed by atoms with E-state index in [0.29, 0.717) is 5.88 Å². The summed E-state index contributed by atoms with van der Waals surface area (Å²) in [5, 5.41) is -0.168. The largest absolute Gasteiger partial charge is 0.215 e. The fourth-order valence-electron chi connectivity index (χ4n) is 2.45. The maximum atomic E-state index is 12.0. The molecule has 2 aliphatic carbocycles. The molecule has 15 heavy (non-hydrogen) atoms. The zero-order valence-corrected chi connectivity index (χ0v) is 10.4. The van der Waals surface area contributed by atoms with Gasteiger partial charge in [-0.05, 0) is 32.1 Å². The lowest BCUT2D eigenvalue weighted by Gasteiger charge is -2.41. The highest BCUT2D eigenvalue weighted by atomic mass is 35.5. The van der Waals surface area contributed by atoms with Crippen LogP contribution in [0.1, 0.15) is 44.9 Å². The Morgan fingerprint density at radius 3 is 2.20 bits per heavy atom. The topological polar surface area (TPSA) is 46.2 Å². The number of sulfonamides is 1. The molecule has 0 spiro atoms. The van der Waals surface area contributed by atoms with E-state index in [9.17, 15) is 8.42 Å². The number of rotatable bonds is 4. The van der Waals surface area contributed by atoms with Crippen molar-refractivity contribution in [3.8, 4) is 0 Å². The average molecular weight is 252 g/mol. The fourth-order valence-corrected chi connectivity index (χ4v) is 4.86. The van der Waals surface area contributed by atoms with Crippen LogP contribution in [0.4, 0.5) is 0 Å². The van der Waals surface area contributed by atoms with Gasteiger partial charge in [0.25, 0.3) is 0 Å². The molecular formula is C10H18ClNO2S. The van der Waals surface area contributed by atoms with Crippen molar-refractivity contribution in [1.82, 2.24) is 4.72 Å². The normalized spacial score (nSPS) is 26.5. The second kappa shape index (κ2) is 4.22. The number of alkyl halides is 1. The quantitative estimate of drug-likeness (QED) is 0.777. The molecule has 0 aromatic heterocycles. The summed E-state index contributed by atoms with van der Waals surface area (Å²) in [5.41, 5.74) is -0.316. The molecular weight excluding hydrogens is 234 g/mol. The van der Waals surface area contributed by atoms with Gasteiger partial charge in [0.15, 0.2) is 0 Å². The zero-order chi connectivity index (χ0) is 10.9. The third-order valence-electron chi connectivity index (χ3n) is 3.67. The molecule has 2 saturated carbocycles. The van der Waals surface area contributed by atoms with E-state index in [2.05, 4.69) is 4.72 Å². The van der Waals surface area contributed by atoms with Crippen LogP contribution in [0.2, 0.25) is 0 Å². The lowest BCUT2D eigenvalue weighted by Crippen LogP contribution is -2.56. The summed E-state index contributed by atoms with van der Waals surface area (Å²) >= 11 is 5.85. The van der Waals surface area contributed by atoms with E-state index in [-0.39, 0.29) is 10.8 Å². The van der Waals surface area contributed by atoms with Crippen molar-refractivity contribution in [2.45, 2.75) is 55.7 Å². The molecule has 3 nitrogen and oxygen atoms in total. The van der Waals surface area contributed by atoms with Gasteiger partial charge in [0, 0.05) is 11.4 Å². The molecule has 1 N–H and O–H groups in total. The van der Waals surface area contributed by atoms with Crippen LogP contribution >= 0.6 is 11.6 Å². The molecule has 0 heterocycles. The van der Waals surface area contributed by atoms with Gasteiger partial charge in [-0.1, -0.05) is 12.8 Å². The summed E-state index contributed by atoms with van der Waals surface area (Å²) in [6.45, 7) is 0. The molecule has 0 aromatic rings. The average Bonchev–Trinajstić information content (AvgIpc) is 2.64. The summed E-state index contributed by atoms with van der Waals surface area (Å²) in [5.74, 6) is 0.402. The van der Waals surface area contributed by atoms with Gasteiger partial charge in [-0.3, -0.25) is 0 Å². The second-order valence-electron chi connectivity index (χ2n) is 4.82. The molecule has 5 heteroatoms. The van der Waals surface area contributed by atoms with Gasteiger partial charge in [0.2, 0.25) is 10.0 Å². The Labute approximate surface area is 96.6 Å². The molecule has 2 rings (SSSR count). The van der Waals surface area contributed by atoms with E-state index in [4.69, 9.17) is 11.6 Å². The standard InChI is InChI=1S/C10H18ClNO2S/c11-8-10(6-3-7-10)12-15(13,14)9-4-1-2-5-9/h9,12H,1-8H2. The number of hydrogen-bond acceptors (Lipinski definition) is 2. The first-order valence-electron chi connectivity index (χ1n) is 5.67. The van der Waals surface area contributed by atoms with Crippen molar-refractivity contribution in [1.29, 1.82) is 0 Å². The number of halogens is 1. The van der Waals surface area contributed by atoms with Crippen LogP contribution in [0.5, 0.6) is 0 Å². The smallest absolute Gasteiger partial charge is 0.212 e. The Morgan fingerprint density at radius 1 is 1.20 bits per heavy atom. The van der Waals surface area contributed by atoms with Crippen LogP contribution < -0.4 is 4.72 Å². The van der Waals surface area contributed by atoms with Crippen molar-refractivity contribution in [3.63, 3.8) is 0 Å². The Bertz CT molecular complexity index is 313. The minimum absolute atomic E-state index is 0.168. The van der Waals surface area contributed by atoms with Gasteiger partial charge >= 0.3 is 0 Å². The van der Waals surface area contributed by atoms with Crippen molar-refractivity contribution in [3.05, 3.63) is 0 Å². The highest BCUT2D eigenvalue weighted by molar-refractivity contribution is 7.90. The first-order chi connectivity index (χ1) is 7.08. The lowest BCUT2D eigenvalue weighted by atomic mass is 9.79. The Balaban J connectivity index is 2.03. The maximum Gasteiger partial charge on any atom is 0.215 e.